The van der Waals surface area contributed by atoms with Crippen molar-refractivity contribution in [3.63, 3.8) is 0 Å². The van der Waals surface area contributed by atoms with Gasteiger partial charge in [0.1, 0.15) is 11.5 Å². The Hall–Kier alpha value is -4.95. The number of rotatable bonds is 8. The average Bonchev–Trinajstić information content (AvgIpc) is 2.92. The first-order valence-corrected chi connectivity index (χ1v) is 12.7. The topological polar surface area (TPSA) is 137 Å². The van der Waals surface area contributed by atoms with Gasteiger partial charge < -0.3 is 16.0 Å². The minimum absolute atomic E-state index is 0.0411. The first kappa shape index (κ1) is 27.1. The van der Waals surface area contributed by atoms with E-state index in [-0.39, 0.29) is 38.9 Å². The molecule has 9 nitrogen and oxygen atoms in total. The van der Waals surface area contributed by atoms with Gasteiger partial charge in [0.15, 0.2) is 0 Å². The van der Waals surface area contributed by atoms with Crippen LogP contribution in [0.25, 0.3) is 0 Å². The number of nitriles is 1. The second-order valence-corrected chi connectivity index (χ2v) is 9.39. The predicted molar refractivity (Wildman–Crippen MR) is 147 cm³/mol. The molecule has 2 amide bonds. The van der Waals surface area contributed by atoms with E-state index in [1.165, 1.54) is 36.4 Å². The number of benzene rings is 3. The molecule has 0 spiro atoms. The van der Waals surface area contributed by atoms with Gasteiger partial charge in [0.05, 0.1) is 33.3 Å². The van der Waals surface area contributed by atoms with Gasteiger partial charge in [-0.25, -0.2) is 4.39 Å². The SMILES string of the molecule is CC1=C(C(=O)Nc2ccccc2)[C@@H](c2ccccc2F)C(C#N)=C(SCC(=O)Nc2ccccc2[N+](=O)[O-])N1. The maximum absolute atomic E-state index is 15.0. The molecule has 11 heteroatoms. The molecule has 1 atom stereocenters. The van der Waals surface area contributed by atoms with E-state index in [2.05, 4.69) is 22.0 Å². The van der Waals surface area contributed by atoms with E-state index in [0.29, 0.717) is 11.4 Å². The van der Waals surface area contributed by atoms with E-state index >= 15 is 4.39 Å². The highest BCUT2D eigenvalue weighted by Crippen LogP contribution is 2.41. The summed E-state index contributed by atoms with van der Waals surface area (Å²) in [6, 6.07) is 22.5. The van der Waals surface area contributed by atoms with Gasteiger partial charge in [0.2, 0.25) is 5.91 Å². The maximum atomic E-state index is 15.0. The van der Waals surface area contributed by atoms with E-state index in [0.717, 1.165) is 11.8 Å². The van der Waals surface area contributed by atoms with Gasteiger partial charge in [-0.15, -0.1) is 0 Å². The molecule has 0 radical (unpaired) electrons. The van der Waals surface area contributed by atoms with Gasteiger partial charge in [0, 0.05) is 28.6 Å². The van der Waals surface area contributed by atoms with E-state index in [1.807, 2.05) is 0 Å². The van der Waals surface area contributed by atoms with Crippen molar-refractivity contribution in [2.45, 2.75) is 12.8 Å². The van der Waals surface area contributed by atoms with Gasteiger partial charge in [0.25, 0.3) is 11.6 Å². The van der Waals surface area contributed by atoms with Crippen molar-refractivity contribution in [3.05, 3.63) is 122 Å². The third kappa shape index (κ3) is 6.14. The first-order chi connectivity index (χ1) is 18.8. The number of para-hydroxylation sites is 3. The fourth-order valence-electron chi connectivity index (χ4n) is 4.13. The summed E-state index contributed by atoms with van der Waals surface area (Å²) < 4.78 is 15.0. The third-order valence-corrected chi connectivity index (χ3v) is 6.88. The fraction of sp³-hybridized carbons (Fsp3) is 0.107. The van der Waals surface area contributed by atoms with Gasteiger partial charge in [-0.05, 0) is 31.2 Å². The summed E-state index contributed by atoms with van der Waals surface area (Å²) in [5.41, 5.74) is 1.06. The lowest BCUT2D eigenvalue weighted by Crippen LogP contribution is -2.31. The standard InChI is InChI=1S/C28H22FN5O4S/c1-17-25(27(36)32-18-9-3-2-4-10-18)26(19-11-5-6-12-21(19)29)20(15-30)28(31-17)39-16-24(35)33-22-13-7-8-14-23(22)34(37)38/h2-14,26,31H,16H2,1H3,(H,32,36)(H,33,35)/t26-/m0/s1. The lowest BCUT2D eigenvalue weighted by Gasteiger charge is -2.30. The molecule has 0 unspecified atom stereocenters. The number of hydrogen-bond donors (Lipinski definition) is 3. The maximum Gasteiger partial charge on any atom is 0.292 e. The number of thioether (sulfide) groups is 1. The summed E-state index contributed by atoms with van der Waals surface area (Å²) >= 11 is 0.973. The minimum Gasteiger partial charge on any atom is -0.353 e. The quantitative estimate of drug-likeness (QED) is 0.254. The second-order valence-electron chi connectivity index (χ2n) is 8.40. The number of nitro groups is 1. The van der Waals surface area contributed by atoms with Gasteiger partial charge >= 0.3 is 0 Å². The average molecular weight is 544 g/mol. The molecule has 4 rings (SSSR count). The number of amides is 2. The molecule has 1 heterocycles. The van der Waals surface area contributed by atoms with Gasteiger partial charge in [-0.1, -0.05) is 60.3 Å². The van der Waals surface area contributed by atoms with Gasteiger partial charge in [-0.2, -0.15) is 5.26 Å². The van der Waals surface area contributed by atoms with Crippen molar-refractivity contribution in [1.29, 1.82) is 5.26 Å². The molecule has 3 aromatic carbocycles. The summed E-state index contributed by atoms with van der Waals surface area (Å²) in [4.78, 5) is 36.7. The number of nitro benzene ring substituents is 1. The largest absolute Gasteiger partial charge is 0.353 e. The lowest BCUT2D eigenvalue weighted by molar-refractivity contribution is -0.383. The molecule has 3 N–H and O–H groups in total. The Kier molecular flexibility index (Phi) is 8.38. The Morgan fingerprint density at radius 2 is 1.72 bits per heavy atom. The second kappa shape index (κ2) is 12.1. The number of anilines is 2. The zero-order valence-corrected chi connectivity index (χ0v) is 21.4. The van der Waals surface area contributed by atoms with Crippen LogP contribution in [0.3, 0.4) is 0 Å². The summed E-state index contributed by atoms with van der Waals surface area (Å²) in [5, 5.41) is 30.0. The Balaban J connectivity index is 1.64. The molecular weight excluding hydrogens is 521 g/mol. The van der Waals surface area contributed by atoms with Crippen molar-refractivity contribution < 1.29 is 18.9 Å². The zero-order valence-electron chi connectivity index (χ0n) is 20.6. The summed E-state index contributed by atoms with van der Waals surface area (Å²) in [7, 11) is 0. The Bertz CT molecular complexity index is 1550. The van der Waals surface area contributed by atoms with Crippen LogP contribution >= 0.6 is 11.8 Å². The van der Waals surface area contributed by atoms with Crippen LogP contribution < -0.4 is 16.0 Å². The van der Waals surface area contributed by atoms with E-state index in [9.17, 15) is 25.0 Å². The molecule has 0 aliphatic carbocycles. The summed E-state index contributed by atoms with van der Waals surface area (Å²) in [5.74, 6) is -2.89. The predicted octanol–water partition coefficient (Wildman–Crippen LogP) is 5.44. The molecule has 0 fully saturated rings. The van der Waals surface area contributed by atoms with Crippen molar-refractivity contribution in [2.75, 3.05) is 16.4 Å². The third-order valence-electron chi connectivity index (χ3n) is 5.86. The van der Waals surface area contributed by atoms with Crippen LogP contribution in [0.5, 0.6) is 0 Å². The van der Waals surface area contributed by atoms with Crippen molar-refractivity contribution in [3.8, 4) is 6.07 Å². The Morgan fingerprint density at radius 3 is 2.41 bits per heavy atom. The van der Waals surface area contributed by atoms with Crippen LogP contribution in [-0.4, -0.2) is 22.5 Å². The van der Waals surface area contributed by atoms with Crippen LogP contribution in [0.4, 0.5) is 21.5 Å². The van der Waals surface area contributed by atoms with E-state index < -0.39 is 28.5 Å². The number of hydrogen-bond acceptors (Lipinski definition) is 7. The number of allylic oxidation sites excluding steroid dienone is 2. The molecule has 0 aromatic heterocycles. The molecule has 3 aromatic rings. The highest BCUT2D eigenvalue weighted by Gasteiger charge is 2.36. The number of carbonyl (C=O) groups excluding carboxylic acids is 2. The van der Waals surface area contributed by atoms with E-state index in [1.54, 1.807) is 49.4 Å². The van der Waals surface area contributed by atoms with E-state index in [4.69, 9.17) is 0 Å². The number of dihydropyridines is 1. The number of halogens is 1. The molecule has 39 heavy (non-hydrogen) atoms. The normalized spacial score (nSPS) is 14.7. The molecule has 196 valence electrons. The van der Waals surface area contributed by atoms with Gasteiger partial charge in [-0.3, -0.25) is 19.7 Å². The lowest BCUT2D eigenvalue weighted by atomic mass is 9.82. The minimum atomic E-state index is -1.04. The highest BCUT2D eigenvalue weighted by molar-refractivity contribution is 8.03. The van der Waals surface area contributed by atoms with Crippen molar-refractivity contribution in [2.24, 2.45) is 0 Å². The highest BCUT2D eigenvalue weighted by atomic mass is 32.2. The monoisotopic (exact) mass is 543 g/mol. The number of nitrogens with one attached hydrogen (secondary N) is 3. The molecule has 0 saturated heterocycles. The molecule has 0 saturated carbocycles. The Morgan fingerprint density at radius 1 is 1.05 bits per heavy atom. The number of carbonyl (C=O) groups is 2. The molecule has 1 aliphatic heterocycles. The molecular formula is C28H22FN5O4S. The fourth-order valence-corrected chi connectivity index (χ4v) is 5.02. The van der Waals surface area contributed by atoms with Crippen LogP contribution in [0.1, 0.15) is 18.4 Å². The van der Waals surface area contributed by atoms with Crippen molar-refractivity contribution >= 4 is 40.6 Å². The first-order valence-electron chi connectivity index (χ1n) is 11.7. The zero-order chi connectivity index (χ0) is 27.9. The summed E-state index contributed by atoms with van der Waals surface area (Å²) in [6.45, 7) is 1.63. The molecule has 1 aliphatic rings. The number of nitrogens with zero attached hydrogens (tertiary/aromatic N) is 2. The van der Waals surface area contributed by atoms with Crippen LogP contribution in [0.2, 0.25) is 0 Å². The Labute approximate surface area is 227 Å². The smallest absolute Gasteiger partial charge is 0.292 e. The van der Waals surface area contributed by atoms with Crippen LogP contribution in [-0.2, 0) is 9.59 Å². The molecule has 0 bridgehead atoms. The van der Waals surface area contributed by atoms with Crippen molar-refractivity contribution in [1.82, 2.24) is 5.32 Å². The van der Waals surface area contributed by atoms with Crippen LogP contribution in [0.15, 0.2) is 101 Å². The van der Waals surface area contributed by atoms with Crippen LogP contribution in [0, 0.1) is 27.3 Å². The summed E-state index contributed by atoms with van der Waals surface area (Å²) in [6.07, 6.45) is 0.